The van der Waals surface area contributed by atoms with Gasteiger partial charge in [-0.2, -0.15) is 9.78 Å². The molecule has 6 rings (SSSR count). The number of hydrogen-bond acceptors (Lipinski definition) is 4. The summed E-state index contributed by atoms with van der Waals surface area (Å²) < 4.78 is 4.28. The Hall–Kier alpha value is -3.75. The monoisotopic (exact) mass is 629 g/mol. The summed E-state index contributed by atoms with van der Waals surface area (Å²) in [6, 6.07) is 20.5. The van der Waals surface area contributed by atoms with Crippen molar-refractivity contribution in [1.29, 1.82) is 0 Å². The van der Waals surface area contributed by atoms with E-state index in [1.54, 1.807) is 36.5 Å². The first-order valence-corrected chi connectivity index (χ1v) is 15.0. The molecule has 7 nitrogen and oxygen atoms in total. The second-order valence-corrected chi connectivity index (χ2v) is 11.8. The van der Waals surface area contributed by atoms with Crippen LogP contribution in [0.2, 0.25) is 5.02 Å². The first-order valence-electron chi connectivity index (χ1n) is 13.8. The molecule has 208 valence electrons. The molecule has 0 unspecified atom stereocenters. The highest BCUT2D eigenvalue weighted by molar-refractivity contribution is 9.10. The predicted octanol–water partition coefficient (Wildman–Crippen LogP) is 7.64. The van der Waals surface area contributed by atoms with E-state index < -0.39 is 0 Å². The number of fused-ring (bicyclic) bond motifs is 2. The summed E-state index contributed by atoms with van der Waals surface area (Å²) in [5, 5.41) is 9.81. The van der Waals surface area contributed by atoms with Crippen LogP contribution in [-0.2, 0) is 11.3 Å². The molecule has 1 N–H and O–H groups in total. The molecule has 0 bridgehead atoms. The molecule has 1 aliphatic rings. The summed E-state index contributed by atoms with van der Waals surface area (Å²) in [5.74, 6) is 0.741. The molecule has 3 aromatic carbocycles. The van der Waals surface area contributed by atoms with Gasteiger partial charge in [-0.05, 0) is 68.3 Å². The Morgan fingerprint density at radius 2 is 1.83 bits per heavy atom. The number of carbonyl (C=O) groups excluding carboxylic acids is 1. The van der Waals surface area contributed by atoms with Crippen LogP contribution in [0.5, 0.6) is 0 Å². The van der Waals surface area contributed by atoms with Crippen LogP contribution in [0.25, 0.3) is 21.8 Å². The molecule has 0 aliphatic heterocycles. The van der Waals surface area contributed by atoms with Gasteiger partial charge >= 0.3 is 0 Å². The lowest BCUT2D eigenvalue weighted by Crippen LogP contribution is -2.25. The molecule has 2 heterocycles. The summed E-state index contributed by atoms with van der Waals surface area (Å²) in [6.07, 6.45) is 7.16. The van der Waals surface area contributed by atoms with Crippen molar-refractivity contribution in [3.05, 3.63) is 104 Å². The zero-order valence-electron chi connectivity index (χ0n) is 22.6. The van der Waals surface area contributed by atoms with E-state index in [1.165, 1.54) is 11.1 Å². The number of hydrogen-bond donors (Lipinski definition) is 1. The molecule has 41 heavy (non-hydrogen) atoms. The number of aromatic nitrogens is 3. The van der Waals surface area contributed by atoms with Gasteiger partial charge in [0.05, 0.1) is 17.1 Å². The third kappa shape index (κ3) is 5.59. The van der Waals surface area contributed by atoms with Crippen LogP contribution in [0.3, 0.4) is 0 Å². The average molecular weight is 631 g/mol. The van der Waals surface area contributed by atoms with Crippen LogP contribution in [-0.4, -0.2) is 26.3 Å². The summed E-state index contributed by atoms with van der Waals surface area (Å²) in [6.45, 7) is 2.10. The van der Waals surface area contributed by atoms with Gasteiger partial charge in [0.2, 0.25) is 5.91 Å². The van der Waals surface area contributed by atoms with Crippen LogP contribution in [0.1, 0.15) is 55.1 Å². The average Bonchev–Trinajstić information content (AvgIpc) is 3.24. The van der Waals surface area contributed by atoms with Gasteiger partial charge in [0.1, 0.15) is 12.4 Å². The van der Waals surface area contributed by atoms with Crippen molar-refractivity contribution in [1.82, 2.24) is 14.2 Å². The second-order valence-electron chi connectivity index (χ2n) is 10.5. The van der Waals surface area contributed by atoms with Gasteiger partial charge in [-0.25, -0.2) is 4.98 Å². The van der Waals surface area contributed by atoms with Crippen LogP contribution < -0.4 is 10.9 Å². The SMILES string of the molecule is Cc1c(C=Nn2c(C3CCCCC3)nc3ccc(Br)cc3c2=O)c2ccccc2n1CC(=O)Nc1ccc(Cl)cc1. The number of halogens is 2. The lowest BCUT2D eigenvalue weighted by atomic mass is 9.88. The van der Waals surface area contributed by atoms with E-state index in [1.807, 2.05) is 47.9 Å². The minimum absolute atomic E-state index is 0.127. The van der Waals surface area contributed by atoms with Crippen LogP contribution in [0.4, 0.5) is 5.69 Å². The zero-order valence-corrected chi connectivity index (χ0v) is 25.0. The number of amides is 1. The molecule has 0 atom stereocenters. The fourth-order valence-corrected chi connectivity index (χ4v) is 6.21. The maximum absolute atomic E-state index is 13.8. The Bertz CT molecular complexity index is 1850. The molecule has 9 heteroatoms. The van der Waals surface area contributed by atoms with Crippen LogP contribution in [0, 0.1) is 6.92 Å². The molecule has 1 amide bonds. The number of benzene rings is 3. The highest BCUT2D eigenvalue weighted by Gasteiger charge is 2.23. The van der Waals surface area contributed by atoms with Crippen molar-refractivity contribution < 1.29 is 4.79 Å². The minimum Gasteiger partial charge on any atom is -0.335 e. The maximum Gasteiger partial charge on any atom is 0.282 e. The molecule has 0 spiro atoms. The van der Waals surface area contributed by atoms with E-state index in [4.69, 9.17) is 21.7 Å². The van der Waals surface area contributed by atoms with Gasteiger partial charge < -0.3 is 9.88 Å². The second kappa shape index (κ2) is 11.6. The summed E-state index contributed by atoms with van der Waals surface area (Å²) in [4.78, 5) is 31.7. The van der Waals surface area contributed by atoms with Crippen molar-refractivity contribution in [2.75, 3.05) is 5.32 Å². The minimum atomic E-state index is -0.183. The molecule has 0 radical (unpaired) electrons. The first-order chi connectivity index (χ1) is 19.9. The van der Waals surface area contributed by atoms with E-state index in [0.29, 0.717) is 27.4 Å². The maximum atomic E-state index is 13.8. The van der Waals surface area contributed by atoms with Crippen molar-refractivity contribution in [3.63, 3.8) is 0 Å². The molecule has 1 aliphatic carbocycles. The molecule has 1 fully saturated rings. The standard InChI is InChI=1S/C32H29BrClN5O2/c1-20-27(25-9-5-6-10-29(25)38(20)19-30(40)36-24-14-12-23(34)13-15-24)18-35-39-31(21-7-3-2-4-8-21)37-28-16-11-22(33)17-26(28)32(39)41/h5-6,9-18,21H,2-4,7-8,19H2,1H3,(H,36,40). The zero-order chi connectivity index (χ0) is 28.5. The highest BCUT2D eigenvalue weighted by atomic mass is 79.9. The van der Waals surface area contributed by atoms with E-state index in [2.05, 4.69) is 21.2 Å². The Morgan fingerprint density at radius 1 is 1.07 bits per heavy atom. The number of carbonyl (C=O) groups is 1. The number of rotatable bonds is 6. The predicted molar refractivity (Wildman–Crippen MR) is 169 cm³/mol. The fraction of sp³-hybridized carbons (Fsp3) is 0.250. The Morgan fingerprint density at radius 3 is 2.61 bits per heavy atom. The number of nitrogens with zero attached hydrogens (tertiary/aromatic N) is 4. The van der Waals surface area contributed by atoms with Gasteiger partial charge in [-0.15, -0.1) is 0 Å². The first kappa shape index (κ1) is 27.4. The van der Waals surface area contributed by atoms with Gasteiger partial charge in [-0.1, -0.05) is 65.0 Å². The lowest BCUT2D eigenvalue weighted by molar-refractivity contribution is -0.116. The van der Waals surface area contributed by atoms with Crippen molar-refractivity contribution in [2.24, 2.45) is 5.10 Å². The quantitative estimate of drug-likeness (QED) is 0.196. The third-order valence-electron chi connectivity index (χ3n) is 7.82. The van der Waals surface area contributed by atoms with Crippen molar-refractivity contribution in [2.45, 2.75) is 51.5 Å². The molecule has 2 aromatic heterocycles. The summed E-state index contributed by atoms with van der Waals surface area (Å²) >= 11 is 9.47. The van der Waals surface area contributed by atoms with E-state index in [0.717, 1.165) is 52.3 Å². The molecule has 5 aromatic rings. The van der Waals surface area contributed by atoms with E-state index in [9.17, 15) is 9.59 Å². The van der Waals surface area contributed by atoms with E-state index >= 15 is 0 Å². The smallest absolute Gasteiger partial charge is 0.282 e. The summed E-state index contributed by atoms with van der Waals surface area (Å²) in [5.41, 5.74) is 3.83. The third-order valence-corrected chi connectivity index (χ3v) is 8.56. The normalized spacial score (nSPS) is 14.3. The van der Waals surface area contributed by atoms with Crippen LogP contribution in [0.15, 0.2) is 81.1 Å². The van der Waals surface area contributed by atoms with E-state index in [-0.39, 0.29) is 23.9 Å². The van der Waals surface area contributed by atoms with Gasteiger partial charge in [0, 0.05) is 43.3 Å². The van der Waals surface area contributed by atoms with Crippen molar-refractivity contribution >= 4 is 67.1 Å². The topological polar surface area (TPSA) is 81.3 Å². The summed E-state index contributed by atoms with van der Waals surface area (Å²) in [7, 11) is 0. The number of para-hydroxylation sites is 1. The Labute approximate surface area is 251 Å². The van der Waals surface area contributed by atoms with Gasteiger partial charge in [-0.3, -0.25) is 9.59 Å². The van der Waals surface area contributed by atoms with Crippen molar-refractivity contribution in [3.8, 4) is 0 Å². The molecule has 1 saturated carbocycles. The number of anilines is 1. The number of nitrogens with one attached hydrogen (secondary N) is 1. The lowest BCUT2D eigenvalue weighted by Gasteiger charge is -2.22. The molecular weight excluding hydrogens is 602 g/mol. The fourth-order valence-electron chi connectivity index (χ4n) is 5.72. The Balaban J connectivity index is 1.41. The van der Waals surface area contributed by atoms with Crippen LogP contribution >= 0.6 is 27.5 Å². The molecule has 0 saturated heterocycles. The Kier molecular flexibility index (Phi) is 7.77. The van der Waals surface area contributed by atoms with Gasteiger partial charge in [0.15, 0.2) is 0 Å². The largest absolute Gasteiger partial charge is 0.335 e. The van der Waals surface area contributed by atoms with Gasteiger partial charge in [0.25, 0.3) is 5.56 Å². The highest BCUT2D eigenvalue weighted by Crippen LogP contribution is 2.32. The molecular formula is C32H29BrClN5O2.